The maximum Gasteiger partial charge on any atom is 0.264 e. The number of amides is 1. The van der Waals surface area contributed by atoms with E-state index in [0.717, 1.165) is 48.2 Å². The topological polar surface area (TPSA) is 23.6 Å². The molecule has 2 heterocycles. The van der Waals surface area contributed by atoms with Crippen LogP contribution < -0.4 is 0 Å². The van der Waals surface area contributed by atoms with Crippen LogP contribution in [0.4, 0.5) is 0 Å². The monoisotopic (exact) mass is 334 g/mol. The molecule has 0 radical (unpaired) electrons. The second-order valence-electron chi connectivity index (χ2n) is 5.57. The van der Waals surface area contributed by atoms with E-state index in [0.29, 0.717) is 0 Å². The number of carbonyl (C=O) groups excluding carboxylic acids is 1. The molecule has 1 aliphatic heterocycles. The van der Waals surface area contributed by atoms with Gasteiger partial charge in [-0.15, -0.1) is 11.3 Å². The van der Waals surface area contributed by atoms with E-state index in [1.165, 1.54) is 4.88 Å². The van der Waals surface area contributed by atoms with Gasteiger partial charge in [-0.2, -0.15) is 0 Å². The van der Waals surface area contributed by atoms with Gasteiger partial charge in [-0.25, -0.2) is 0 Å². The fourth-order valence-corrected chi connectivity index (χ4v) is 3.71. The Hall–Kier alpha value is -1.36. The van der Waals surface area contributed by atoms with Gasteiger partial charge < -0.3 is 4.90 Å². The van der Waals surface area contributed by atoms with E-state index in [-0.39, 0.29) is 5.91 Å². The van der Waals surface area contributed by atoms with Gasteiger partial charge in [0, 0.05) is 42.6 Å². The highest BCUT2D eigenvalue weighted by molar-refractivity contribution is 7.13. The van der Waals surface area contributed by atoms with Gasteiger partial charge in [0.25, 0.3) is 5.91 Å². The van der Waals surface area contributed by atoms with Crippen LogP contribution in [0, 0.1) is 6.92 Å². The average molecular weight is 335 g/mol. The van der Waals surface area contributed by atoms with Crippen molar-refractivity contribution in [1.82, 2.24) is 9.80 Å². The van der Waals surface area contributed by atoms with E-state index in [1.54, 1.807) is 11.3 Å². The number of halogens is 1. The Bertz CT molecular complexity index is 662. The highest BCUT2D eigenvalue weighted by atomic mass is 35.5. The Morgan fingerprint density at radius 1 is 1.14 bits per heavy atom. The summed E-state index contributed by atoms with van der Waals surface area (Å²) in [7, 11) is 0. The molecule has 0 bridgehead atoms. The minimum Gasteiger partial charge on any atom is -0.335 e. The summed E-state index contributed by atoms with van der Waals surface area (Å²) in [6, 6.07) is 11.9. The zero-order valence-electron chi connectivity index (χ0n) is 12.6. The first kappa shape index (κ1) is 15.5. The molecule has 3 rings (SSSR count). The van der Waals surface area contributed by atoms with Gasteiger partial charge in [-0.05, 0) is 30.7 Å². The van der Waals surface area contributed by atoms with Gasteiger partial charge in [-0.1, -0.05) is 29.8 Å². The Kier molecular flexibility index (Phi) is 4.81. The zero-order chi connectivity index (χ0) is 15.5. The van der Waals surface area contributed by atoms with Crippen molar-refractivity contribution >= 4 is 28.8 Å². The molecule has 1 aromatic carbocycles. The van der Waals surface area contributed by atoms with Crippen LogP contribution in [0.15, 0.2) is 36.4 Å². The van der Waals surface area contributed by atoms with Gasteiger partial charge in [0.05, 0.1) is 4.88 Å². The number of piperazine rings is 1. The van der Waals surface area contributed by atoms with E-state index in [1.807, 2.05) is 42.2 Å². The Balaban J connectivity index is 1.56. The molecule has 1 aliphatic rings. The van der Waals surface area contributed by atoms with Gasteiger partial charge >= 0.3 is 0 Å². The van der Waals surface area contributed by atoms with Crippen molar-refractivity contribution in [1.29, 1.82) is 0 Å². The normalized spacial score (nSPS) is 16.0. The molecule has 3 nitrogen and oxygen atoms in total. The third-order valence-corrected chi connectivity index (χ3v) is 5.32. The lowest BCUT2D eigenvalue weighted by Gasteiger charge is -2.34. The molecule has 2 aromatic rings. The van der Waals surface area contributed by atoms with E-state index in [2.05, 4.69) is 11.0 Å². The SMILES string of the molecule is Cc1ccc(C(=O)N2CCN(Cc3ccccc3Cl)CC2)s1. The molecule has 22 heavy (non-hydrogen) atoms. The van der Waals surface area contributed by atoms with Crippen molar-refractivity contribution in [3.05, 3.63) is 56.7 Å². The number of hydrogen-bond donors (Lipinski definition) is 0. The van der Waals surface area contributed by atoms with E-state index >= 15 is 0 Å². The molecule has 116 valence electrons. The first-order valence-electron chi connectivity index (χ1n) is 7.45. The highest BCUT2D eigenvalue weighted by Crippen LogP contribution is 2.20. The standard InChI is InChI=1S/C17H19ClN2OS/c1-13-6-7-16(22-13)17(21)20-10-8-19(9-11-20)12-14-4-2-3-5-15(14)18/h2-7H,8-12H2,1H3. The van der Waals surface area contributed by atoms with Crippen LogP contribution in [0.5, 0.6) is 0 Å². The summed E-state index contributed by atoms with van der Waals surface area (Å²) in [6.45, 7) is 6.21. The molecular weight excluding hydrogens is 316 g/mol. The summed E-state index contributed by atoms with van der Waals surface area (Å²) in [6.07, 6.45) is 0. The number of rotatable bonds is 3. The van der Waals surface area contributed by atoms with Gasteiger partial charge in [0.2, 0.25) is 0 Å². The lowest BCUT2D eigenvalue weighted by Crippen LogP contribution is -2.48. The van der Waals surface area contributed by atoms with Gasteiger partial charge in [0.1, 0.15) is 0 Å². The highest BCUT2D eigenvalue weighted by Gasteiger charge is 2.23. The van der Waals surface area contributed by atoms with Crippen molar-refractivity contribution in [2.75, 3.05) is 26.2 Å². The van der Waals surface area contributed by atoms with Crippen molar-refractivity contribution in [3.8, 4) is 0 Å². The van der Waals surface area contributed by atoms with Crippen LogP contribution in [0.3, 0.4) is 0 Å². The minimum absolute atomic E-state index is 0.162. The summed E-state index contributed by atoms with van der Waals surface area (Å²) in [5, 5.41) is 0.815. The van der Waals surface area contributed by atoms with Crippen LogP contribution in [-0.2, 0) is 6.54 Å². The number of benzene rings is 1. The molecule has 0 atom stereocenters. The van der Waals surface area contributed by atoms with Gasteiger partial charge in [0.15, 0.2) is 0 Å². The molecule has 1 aromatic heterocycles. The van der Waals surface area contributed by atoms with Crippen LogP contribution in [0.25, 0.3) is 0 Å². The first-order chi connectivity index (χ1) is 10.6. The molecule has 5 heteroatoms. The molecule has 1 fully saturated rings. The van der Waals surface area contributed by atoms with E-state index in [9.17, 15) is 4.79 Å². The number of aryl methyl sites for hydroxylation is 1. The average Bonchev–Trinajstić information content (AvgIpc) is 2.96. The summed E-state index contributed by atoms with van der Waals surface area (Å²) in [5.74, 6) is 0.162. The Morgan fingerprint density at radius 2 is 1.86 bits per heavy atom. The lowest BCUT2D eigenvalue weighted by atomic mass is 10.2. The summed E-state index contributed by atoms with van der Waals surface area (Å²) < 4.78 is 0. The van der Waals surface area contributed by atoms with E-state index in [4.69, 9.17) is 11.6 Å². The molecule has 0 spiro atoms. The fourth-order valence-electron chi connectivity index (χ4n) is 2.68. The Morgan fingerprint density at radius 3 is 2.50 bits per heavy atom. The maximum atomic E-state index is 12.4. The largest absolute Gasteiger partial charge is 0.335 e. The van der Waals surface area contributed by atoms with Crippen molar-refractivity contribution in [3.63, 3.8) is 0 Å². The molecular formula is C17H19ClN2OS. The second kappa shape index (κ2) is 6.82. The number of carbonyl (C=O) groups is 1. The predicted molar refractivity (Wildman–Crippen MR) is 91.7 cm³/mol. The molecule has 0 unspecified atom stereocenters. The maximum absolute atomic E-state index is 12.4. The summed E-state index contributed by atoms with van der Waals surface area (Å²) in [5.41, 5.74) is 1.15. The number of nitrogens with zero attached hydrogens (tertiary/aromatic N) is 2. The number of hydrogen-bond acceptors (Lipinski definition) is 3. The summed E-state index contributed by atoms with van der Waals surface area (Å²) in [4.78, 5) is 18.8. The fraction of sp³-hybridized carbons (Fsp3) is 0.353. The first-order valence-corrected chi connectivity index (χ1v) is 8.64. The third kappa shape index (κ3) is 3.51. The molecule has 0 saturated carbocycles. The van der Waals surface area contributed by atoms with Crippen LogP contribution >= 0.6 is 22.9 Å². The quantitative estimate of drug-likeness (QED) is 0.855. The third-order valence-electron chi connectivity index (χ3n) is 3.96. The number of thiophene rings is 1. The molecule has 0 N–H and O–H groups in total. The smallest absolute Gasteiger partial charge is 0.264 e. The predicted octanol–water partition coefficient (Wildman–Crippen LogP) is 3.67. The Labute approximate surface area is 140 Å². The van der Waals surface area contributed by atoms with Gasteiger partial charge in [-0.3, -0.25) is 9.69 Å². The minimum atomic E-state index is 0.162. The van der Waals surface area contributed by atoms with E-state index < -0.39 is 0 Å². The van der Waals surface area contributed by atoms with Crippen molar-refractivity contribution < 1.29 is 4.79 Å². The molecule has 0 aliphatic carbocycles. The molecule has 1 saturated heterocycles. The van der Waals surface area contributed by atoms with Crippen LogP contribution in [0.2, 0.25) is 5.02 Å². The van der Waals surface area contributed by atoms with Crippen LogP contribution in [0.1, 0.15) is 20.1 Å². The zero-order valence-corrected chi connectivity index (χ0v) is 14.2. The summed E-state index contributed by atoms with van der Waals surface area (Å²) >= 11 is 7.79. The lowest BCUT2D eigenvalue weighted by molar-refractivity contribution is 0.0633. The second-order valence-corrected chi connectivity index (χ2v) is 7.27. The van der Waals surface area contributed by atoms with Crippen molar-refractivity contribution in [2.24, 2.45) is 0 Å². The van der Waals surface area contributed by atoms with Crippen molar-refractivity contribution in [2.45, 2.75) is 13.5 Å². The molecule has 1 amide bonds. The van der Waals surface area contributed by atoms with Crippen LogP contribution in [-0.4, -0.2) is 41.9 Å².